The second kappa shape index (κ2) is 13.0. The summed E-state index contributed by atoms with van der Waals surface area (Å²) < 4.78 is 14.4. The van der Waals surface area contributed by atoms with Gasteiger partial charge in [-0.15, -0.1) is 0 Å². The summed E-state index contributed by atoms with van der Waals surface area (Å²) in [6, 6.07) is 60.0. The van der Waals surface area contributed by atoms with E-state index in [4.69, 9.17) is 0 Å². The van der Waals surface area contributed by atoms with Crippen LogP contribution >= 0.6 is 14.8 Å². The van der Waals surface area contributed by atoms with Crippen molar-refractivity contribution in [2.45, 2.75) is 11.8 Å². The monoisotopic (exact) mass is 598 g/mol. The van der Waals surface area contributed by atoms with Gasteiger partial charge in [-0.3, -0.25) is 0 Å². The molecule has 0 saturated heterocycles. The van der Waals surface area contributed by atoms with E-state index < -0.39 is 25.6 Å². The molecule has 206 valence electrons. The van der Waals surface area contributed by atoms with Crippen molar-refractivity contribution in [1.82, 2.24) is 0 Å². The first-order valence-electron chi connectivity index (χ1n) is 14.0. The van der Waals surface area contributed by atoms with E-state index in [0.717, 1.165) is 10.5 Å². The number of rotatable bonds is 8. The van der Waals surface area contributed by atoms with E-state index in [1.807, 2.05) is 24.3 Å². The normalized spacial score (nSPS) is 12.1. The molecule has 0 radical (unpaired) electrons. The van der Waals surface area contributed by atoms with Crippen molar-refractivity contribution in [3.63, 3.8) is 0 Å². The standard InChI is InChI=1S/C38H32OP2S/c1-31-26-28-36(29-27-31)42(39)30-41(34-20-10-4-11-21-34,35-22-12-5-13-23-35)38-25-15-14-24-37(38)40(32-16-6-2-7-17-32)33-18-8-3-9-19-33/h2-30H,1H3. The van der Waals surface area contributed by atoms with Crippen molar-refractivity contribution >= 4 is 62.6 Å². The molecule has 0 saturated carbocycles. The van der Waals surface area contributed by atoms with E-state index in [9.17, 15) is 4.21 Å². The molecule has 1 atom stereocenters. The zero-order chi connectivity index (χ0) is 28.8. The molecule has 42 heavy (non-hydrogen) atoms. The largest absolute Gasteiger partial charge is 0.250 e. The minimum absolute atomic E-state index is 0.822. The van der Waals surface area contributed by atoms with Crippen LogP contribution in [-0.2, 0) is 10.8 Å². The van der Waals surface area contributed by atoms with Crippen LogP contribution in [0.4, 0.5) is 0 Å². The Morgan fingerprint density at radius 3 is 1.45 bits per heavy atom. The maximum Gasteiger partial charge on any atom is 0.0786 e. The molecule has 0 fully saturated rings. The molecule has 1 unspecified atom stereocenters. The zero-order valence-corrected chi connectivity index (χ0v) is 26.1. The summed E-state index contributed by atoms with van der Waals surface area (Å²) in [4.78, 5) is 0.822. The van der Waals surface area contributed by atoms with E-state index in [1.165, 1.54) is 31.8 Å². The molecule has 0 aliphatic carbocycles. The lowest BCUT2D eigenvalue weighted by molar-refractivity contribution is 0.690. The maximum absolute atomic E-state index is 14.4. The van der Waals surface area contributed by atoms with Gasteiger partial charge in [-0.05, 0) is 65.7 Å². The Kier molecular flexibility index (Phi) is 8.78. The van der Waals surface area contributed by atoms with Crippen LogP contribution in [0.25, 0.3) is 0 Å². The summed E-state index contributed by atoms with van der Waals surface area (Å²) in [5, 5.41) is 9.70. The van der Waals surface area contributed by atoms with E-state index in [1.54, 1.807) is 0 Å². The topological polar surface area (TPSA) is 17.1 Å². The summed E-state index contributed by atoms with van der Waals surface area (Å²) in [5.74, 6) is 0. The van der Waals surface area contributed by atoms with Gasteiger partial charge in [0.25, 0.3) is 0 Å². The SMILES string of the molecule is Cc1ccc(S(=O)C=P(c2ccccc2)(c2ccccc2)c2ccccc2P(c2ccccc2)c2ccccc2)cc1. The molecular weight excluding hydrogens is 566 g/mol. The Hall–Kier alpha value is -3.80. The van der Waals surface area contributed by atoms with Crippen molar-refractivity contribution in [2.24, 2.45) is 0 Å². The van der Waals surface area contributed by atoms with Gasteiger partial charge in [0.1, 0.15) is 0 Å². The number of hydrogen-bond acceptors (Lipinski definition) is 1. The summed E-state index contributed by atoms with van der Waals surface area (Å²) in [6.45, 7) is -0.465. The molecule has 6 rings (SSSR count). The van der Waals surface area contributed by atoms with Gasteiger partial charge in [-0.2, -0.15) is 0 Å². The highest BCUT2D eigenvalue weighted by atomic mass is 32.2. The maximum atomic E-state index is 14.4. The molecule has 6 aromatic rings. The number of aryl methyl sites for hydroxylation is 1. The summed E-state index contributed by atoms with van der Waals surface area (Å²) in [6.07, 6.45) is 0. The molecule has 0 aliphatic heterocycles. The number of hydrogen-bond donors (Lipinski definition) is 0. The number of benzene rings is 6. The first kappa shape index (κ1) is 28.3. The third-order valence-corrected chi connectivity index (χ3v) is 16.2. The first-order chi connectivity index (χ1) is 20.7. The van der Waals surface area contributed by atoms with Gasteiger partial charge in [0.05, 0.1) is 10.8 Å². The fourth-order valence-corrected chi connectivity index (χ4v) is 14.8. The molecule has 0 bridgehead atoms. The van der Waals surface area contributed by atoms with E-state index >= 15 is 0 Å². The molecule has 0 aromatic heterocycles. The predicted molar refractivity (Wildman–Crippen MR) is 188 cm³/mol. The van der Waals surface area contributed by atoms with Crippen LogP contribution in [0.1, 0.15) is 5.56 Å². The van der Waals surface area contributed by atoms with Gasteiger partial charge >= 0.3 is 0 Å². The van der Waals surface area contributed by atoms with Crippen molar-refractivity contribution in [3.05, 3.63) is 175 Å². The lowest BCUT2D eigenvalue weighted by Gasteiger charge is -2.33. The molecule has 0 N–H and O–H groups in total. The average molecular weight is 599 g/mol. The average Bonchev–Trinajstić information content (AvgIpc) is 3.06. The van der Waals surface area contributed by atoms with E-state index in [2.05, 4.69) is 158 Å². The molecule has 0 heterocycles. The van der Waals surface area contributed by atoms with E-state index in [-0.39, 0.29) is 0 Å². The van der Waals surface area contributed by atoms with Gasteiger partial charge in [-0.25, -0.2) is 4.21 Å². The molecule has 0 spiro atoms. The Labute approximate surface area is 253 Å². The van der Waals surface area contributed by atoms with Gasteiger partial charge in [-0.1, -0.05) is 163 Å². The van der Waals surface area contributed by atoms with Gasteiger partial charge < -0.3 is 0 Å². The highest BCUT2D eigenvalue weighted by molar-refractivity contribution is 8.14. The van der Waals surface area contributed by atoms with Crippen molar-refractivity contribution < 1.29 is 4.21 Å². The molecular formula is C38H32OP2S. The molecule has 6 aromatic carbocycles. The summed E-state index contributed by atoms with van der Waals surface area (Å²) in [5.41, 5.74) is 1.16. The fourth-order valence-electron chi connectivity index (χ4n) is 5.34. The molecule has 0 aliphatic rings. The quantitative estimate of drug-likeness (QED) is 0.180. The summed E-state index contributed by atoms with van der Waals surface area (Å²) >= 11 is 0. The van der Waals surface area contributed by atoms with Crippen LogP contribution in [0.2, 0.25) is 0 Å². The highest BCUT2D eigenvalue weighted by Crippen LogP contribution is 2.46. The minimum atomic E-state index is -2.53. The van der Waals surface area contributed by atoms with Crippen molar-refractivity contribution in [1.29, 1.82) is 0 Å². The van der Waals surface area contributed by atoms with Gasteiger partial charge in [0.15, 0.2) is 0 Å². The van der Waals surface area contributed by atoms with Crippen LogP contribution in [-0.4, -0.2) is 9.34 Å². The third-order valence-electron chi connectivity index (χ3n) is 7.37. The lowest BCUT2D eigenvalue weighted by Crippen LogP contribution is -2.38. The third kappa shape index (κ3) is 5.77. The smallest absolute Gasteiger partial charge is 0.0786 e. The lowest BCUT2D eigenvalue weighted by atomic mass is 10.2. The van der Waals surface area contributed by atoms with Gasteiger partial charge in [0, 0.05) is 10.0 Å². The Balaban J connectivity index is 1.72. The second-order valence-corrected chi connectivity index (χ2v) is 17.2. The molecule has 0 amide bonds. The van der Waals surface area contributed by atoms with Crippen molar-refractivity contribution in [3.8, 4) is 0 Å². The second-order valence-electron chi connectivity index (χ2n) is 10.1. The van der Waals surface area contributed by atoms with Crippen LogP contribution < -0.4 is 31.8 Å². The summed E-state index contributed by atoms with van der Waals surface area (Å²) in [7, 11) is -2.23. The first-order valence-corrected chi connectivity index (χ1v) is 18.4. The van der Waals surface area contributed by atoms with Crippen LogP contribution in [0.15, 0.2) is 175 Å². The van der Waals surface area contributed by atoms with Crippen LogP contribution in [0.3, 0.4) is 0 Å². The Morgan fingerprint density at radius 2 is 0.952 bits per heavy atom. The van der Waals surface area contributed by atoms with Crippen LogP contribution in [0, 0.1) is 6.92 Å². The zero-order valence-electron chi connectivity index (χ0n) is 23.5. The van der Waals surface area contributed by atoms with Crippen LogP contribution in [0.5, 0.6) is 0 Å². The highest BCUT2D eigenvalue weighted by Gasteiger charge is 2.31. The molecule has 1 nitrogen and oxygen atoms in total. The Bertz CT molecular complexity index is 1750. The van der Waals surface area contributed by atoms with E-state index in [0.29, 0.717) is 0 Å². The van der Waals surface area contributed by atoms with Crippen molar-refractivity contribution in [2.75, 3.05) is 0 Å². The Morgan fingerprint density at radius 1 is 0.524 bits per heavy atom. The fraction of sp³-hybridized carbons (Fsp3) is 0.0263. The molecule has 4 heteroatoms. The minimum Gasteiger partial charge on any atom is -0.250 e. The predicted octanol–water partition coefficient (Wildman–Crippen LogP) is 6.61. The van der Waals surface area contributed by atoms with Gasteiger partial charge in [0.2, 0.25) is 0 Å².